The predicted molar refractivity (Wildman–Crippen MR) is 100 cm³/mol. The fourth-order valence-electron chi connectivity index (χ4n) is 2.53. The van der Waals surface area contributed by atoms with Gasteiger partial charge >= 0.3 is 0 Å². The Morgan fingerprint density at radius 1 is 1.38 bits per heavy atom. The Labute approximate surface area is 146 Å². The van der Waals surface area contributed by atoms with Gasteiger partial charge in [0.05, 0.1) is 11.6 Å². The Morgan fingerprint density at radius 2 is 1.96 bits per heavy atom. The molecule has 134 valence electrons. The molecule has 1 aliphatic heterocycles. The van der Waals surface area contributed by atoms with Gasteiger partial charge in [-0.25, -0.2) is 0 Å². The molecule has 0 radical (unpaired) electrons. The van der Waals surface area contributed by atoms with E-state index in [0.29, 0.717) is 6.54 Å². The topological polar surface area (TPSA) is 60.8 Å². The van der Waals surface area contributed by atoms with Crippen LogP contribution >= 0.6 is 0 Å². The summed E-state index contributed by atoms with van der Waals surface area (Å²) in [6.45, 7) is 16.0. The molecular formula is C20H31NO3. The molecule has 1 aromatic rings. The monoisotopic (exact) mass is 333 g/mol. The molecule has 1 unspecified atom stereocenters. The Kier molecular flexibility index (Phi) is 10.3. The Bertz CT molecular complexity index is 552. The lowest BCUT2D eigenvalue weighted by Crippen LogP contribution is -2.36. The minimum absolute atomic E-state index is 0.0509. The van der Waals surface area contributed by atoms with Crippen LogP contribution in [0.1, 0.15) is 57.3 Å². The van der Waals surface area contributed by atoms with Gasteiger partial charge in [-0.3, -0.25) is 4.79 Å². The molecule has 2 rings (SSSR count). The van der Waals surface area contributed by atoms with Crippen LogP contribution in [0.5, 0.6) is 11.5 Å². The van der Waals surface area contributed by atoms with Gasteiger partial charge < -0.3 is 15.1 Å². The third-order valence-electron chi connectivity index (χ3n) is 3.65. The van der Waals surface area contributed by atoms with E-state index in [0.717, 1.165) is 24.8 Å². The number of phenolic OH excluding ortho intramolecular Hbond substituents is 2. The Balaban J connectivity index is 0.000000952. The van der Waals surface area contributed by atoms with E-state index in [1.807, 2.05) is 27.7 Å². The summed E-state index contributed by atoms with van der Waals surface area (Å²) in [4.78, 5) is 14.2. The van der Waals surface area contributed by atoms with Crippen molar-refractivity contribution in [3.8, 4) is 11.5 Å². The van der Waals surface area contributed by atoms with E-state index < -0.39 is 0 Å². The van der Waals surface area contributed by atoms with Crippen LogP contribution in [-0.4, -0.2) is 33.6 Å². The fourth-order valence-corrected chi connectivity index (χ4v) is 2.53. The molecular weight excluding hydrogens is 302 g/mol. The number of nitrogens with zero attached hydrogens (tertiary/aromatic N) is 1. The molecule has 1 heterocycles. The second-order valence-electron chi connectivity index (χ2n) is 5.28. The van der Waals surface area contributed by atoms with Gasteiger partial charge in [0.15, 0.2) is 0 Å². The first kappa shape index (κ1) is 21.8. The molecule has 4 heteroatoms. The lowest BCUT2D eigenvalue weighted by molar-refractivity contribution is 0.0751. The highest BCUT2D eigenvalue weighted by Gasteiger charge is 2.31. The number of hydrogen-bond acceptors (Lipinski definition) is 3. The van der Waals surface area contributed by atoms with E-state index in [9.17, 15) is 15.0 Å². The maximum Gasteiger partial charge on any atom is 0.258 e. The van der Waals surface area contributed by atoms with Crippen molar-refractivity contribution in [2.75, 3.05) is 6.54 Å². The fraction of sp³-hybridized carbons (Fsp3) is 0.450. The molecule has 1 aliphatic rings. The quantitative estimate of drug-likeness (QED) is 0.774. The molecule has 24 heavy (non-hydrogen) atoms. The van der Waals surface area contributed by atoms with Gasteiger partial charge in [-0.1, -0.05) is 39.0 Å². The number of allylic oxidation sites excluding steroid dienone is 1. The van der Waals surface area contributed by atoms with Gasteiger partial charge in [0.1, 0.15) is 11.5 Å². The summed E-state index contributed by atoms with van der Waals surface area (Å²) in [6.07, 6.45) is 4.47. The van der Waals surface area contributed by atoms with Gasteiger partial charge in [-0.15, -0.1) is 6.58 Å². The summed E-state index contributed by atoms with van der Waals surface area (Å²) in [7, 11) is 0. The zero-order valence-electron chi connectivity index (χ0n) is 15.4. The zero-order chi connectivity index (χ0) is 18.7. The van der Waals surface area contributed by atoms with Crippen molar-refractivity contribution in [3.05, 3.63) is 48.6 Å². The van der Waals surface area contributed by atoms with Crippen molar-refractivity contribution in [2.24, 2.45) is 0 Å². The highest BCUT2D eigenvalue weighted by molar-refractivity contribution is 5.97. The maximum absolute atomic E-state index is 12.5. The number of carbonyl (C=O) groups excluding carboxylic acids is 1. The molecule has 4 nitrogen and oxygen atoms in total. The number of amides is 1. The van der Waals surface area contributed by atoms with Crippen LogP contribution in [-0.2, 0) is 0 Å². The molecule has 0 aliphatic carbocycles. The summed E-state index contributed by atoms with van der Waals surface area (Å²) in [6, 6.07) is 4.11. The number of rotatable bonds is 3. The second kappa shape index (κ2) is 11.3. The number of phenols is 2. The van der Waals surface area contributed by atoms with Crippen LogP contribution in [0.3, 0.4) is 0 Å². The van der Waals surface area contributed by atoms with Crippen LogP contribution in [0.25, 0.3) is 0 Å². The smallest absolute Gasteiger partial charge is 0.258 e. The van der Waals surface area contributed by atoms with E-state index in [-0.39, 0.29) is 29.0 Å². The predicted octanol–water partition coefficient (Wildman–Crippen LogP) is 4.89. The maximum atomic E-state index is 12.5. The average molecular weight is 333 g/mol. The normalized spacial score (nSPS) is 15.5. The molecule has 1 fully saturated rings. The molecule has 1 saturated heterocycles. The largest absolute Gasteiger partial charge is 0.508 e. The Hall–Kier alpha value is -2.23. The van der Waals surface area contributed by atoms with Gasteiger partial charge in [0.2, 0.25) is 0 Å². The van der Waals surface area contributed by atoms with E-state index in [1.165, 1.54) is 18.2 Å². The van der Waals surface area contributed by atoms with Crippen molar-refractivity contribution in [1.82, 2.24) is 4.90 Å². The molecule has 1 amide bonds. The lowest BCUT2D eigenvalue weighted by atomic mass is 10.0. The number of likely N-dealkylation sites (tertiary alicyclic amines) is 1. The standard InChI is InChI=1S/C15H19NO3.C3H6.C2H6/c1-3-10(2)13-5-4-8-16(13)15(19)12-7-6-11(17)9-14(12)18;1-3-2;1-2/h6-7,9,13,17-18H,2-5,8H2,1H3;3H,1H2,2H3;1-2H3. The first-order valence-corrected chi connectivity index (χ1v) is 8.53. The summed E-state index contributed by atoms with van der Waals surface area (Å²) in [5, 5.41) is 19.0. The number of benzene rings is 1. The molecule has 0 saturated carbocycles. The molecule has 0 bridgehead atoms. The Morgan fingerprint density at radius 3 is 2.46 bits per heavy atom. The van der Waals surface area contributed by atoms with Crippen molar-refractivity contribution in [2.45, 2.75) is 53.0 Å². The lowest BCUT2D eigenvalue weighted by Gasteiger charge is -2.26. The van der Waals surface area contributed by atoms with Crippen LogP contribution < -0.4 is 0 Å². The molecule has 1 aromatic carbocycles. The zero-order valence-corrected chi connectivity index (χ0v) is 15.4. The van der Waals surface area contributed by atoms with E-state index in [4.69, 9.17) is 0 Å². The molecule has 2 N–H and O–H groups in total. The minimum atomic E-state index is -0.199. The summed E-state index contributed by atoms with van der Waals surface area (Å²) in [5.41, 5.74) is 1.28. The van der Waals surface area contributed by atoms with Crippen LogP contribution in [0.15, 0.2) is 43.0 Å². The SMILES string of the molecule is C=C(CC)C1CCCN1C(=O)c1ccc(O)cc1O.C=CC.CC. The number of carbonyl (C=O) groups is 1. The molecule has 0 aromatic heterocycles. The van der Waals surface area contributed by atoms with Gasteiger partial charge in [0.25, 0.3) is 5.91 Å². The summed E-state index contributed by atoms with van der Waals surface area (Å²) in [5.74, 6) is -0.433. The molecule has 0 spiro atoms. The van der Waals surface area contributed by atoms with Crippen LogP contribution in [0, 0.1) is 0 Å². The van der Waals surface area contributed by atoms with E-state index in [1.54, 1.807) is 11.0 Å². The number of hydrogen-bond donors (Lipinski definition) is 2. The minimum Gasteiger partial charge on any atom is -0.508 e. The second-order valence-corrected chi connectivity index (χ2v) is 5.28. The van der Waals surface area contributed by atoms with Crippen LogP contribution in [0.4, 0.5) is 0 Å². The van der Waals surface area contributed by atoms with E-state index in [2.05, 4.69) is 13.2 Å². The van der Waals surface area contributed by atoms with Gasteiger partial charge in [-0.2, -0.15) is 0 Å². The van der Waals surface area contributed by atoms with Crippen LogP contribution in [0.2, 0.25) is 0 Å². The van der Waals surface area contributed by atoms with Crippen molar-refractivity contribution in [3.63, 3.8) is 0 Å². The van der Waals surface area contributed by atoms with Crippen molar-refractivity contribution in [1.29, 1.82) is 0 Å². The third kappa shape index (κ3) is 5.76. The summed E-state index contributed by atoms with van der Waals surface area (Å²) >= 11 is 0. The van der Waals surface area contributed by atoms with Gasteiger partial charge in [0, 0.05) is 12.6 Å². The first-order chi connectivity index (χ1) is 11.5. The van der Waals surface area contributed by atoms with E-state index >= 15 is 0 Å². The number of aromatic hydroxyl groups is 2. The average Bonchev–Trinajstić information content (AvgIpc) is 3.06. The third-order valence-corrected chi connectivity index (χ3v) is 3.65. The highest BCUT2D eigenvalue weighted by Crippen LogP contribution is 2.30. The summed E-state index contributed by atoms with van der Waals surface area (Å²) < 4.78 is 0. The molecule has 1 atom stereocenters. The highest BCUT2D eigenvalue weighted by atomic mass is 16.3. The van der Waals surface area contributed by atoms with Crippen molar-refractivity contribution < 1.29 is 15.0 Å². The first-order valence-electron chi connectivity index (χ1n) is 8.53. The van der Waals surface area contributed by atoms with Gasteiger partial charge in [-0.05, 0) is 38.3 Å². The van der Waals surface area contributed by atoms with Crippen molar-refractivity contribution >= 4 is 5.91 Å².